The Morgan fingerprint density at radius 2 is 1.73 bits per heavy atom. The molecular weight excluding hydrogens is 418 g/mol. The Bertz CT molecular complexity index is 992. The zero-order valence-corrected chi connectivity index (χ0v) is 18.6. The fraction of sp³-hybridized carbons (Fsp3) is 0.208. The Hall–Kier alpha value is -2.76. The SMILES string of the molecule is CCOc1cc(C(=S)NCc2ccc(OC)cc2)ccc1OCc1ccccc1Cl. The maximum absolute atomic E-state index is 6.22. The highest BCUT2D eigenvalue weighted by molar-refractivity contribution is 7.80. The predicted octanol–water partition coefficient (Wildman–Crippen LogP) is 5.79. The second-order valence-electron chi connectivity index (χ2n) is 6.51. The maximum Gasteiger partial charge on any atom is 0.161 e. The van der Waals surface area contributed by atoms with Crippen molar-refractivity contribution in [2.45, 2.75) is 20.1 Å². The average molecular weight is 442 g/mol. The van der Waals surface area contributed by atoms with Crippen LogP contribution in [-0.2, 0) is 13.2 Å². The van der Waals surface area contributed by atoms with E-state index in [1.54, 1.807) is 7.11 Å². The van der Waals surface area contributed by atoms with Crippen LogP contribution in [0.1, 0.15) is 23.6 Å². The number of rotatable bonds is 9. The lowest BCUT2D eigenvalue weighted by molar-refractivity contribution is 0.269. The molecule has 0 spiro atoms. The van der Waals surface area contributed by atoms with Crippen LogP contribution in [0.3, 0.4) is 0 Å². The van der Waals surface area contributed by atoms with Gasteiger partial charge in [-0.3, -0.25) is 0 Å². The lowest BCUT2D eigenvalue weighted by atomic mass is 10.1. The largest absolute Gasteiger partial charge is 0.497 e. The van der Waals surface area contributed by atoms with E-state index >= 15 is 0 Å². The summed E-state index contributed by atoms with van der Waals surface area (Å²) in [5, 5.41) is 3.96. The van der Waals surface area contributed by atoms with Crippen molar-refractivity contribution in [2.24, 2.45) is 0 Å². The molecule has 0 fully saturated rings. The Kier molecular flexibility index (Phi) is 7.94. The van der Waals surface area contributed by atoms with E-state index in [4.69, 9.17) is 38.0 Å². The third kappa shape index (κ3) is 5.88. The van der Waals surface area contributed by atoms with Gasteiger partial charge in [0, 0.05) is 22.7 Å². The summed E-state index contributed by atoms with van der Waals surface area (Å²) >= 11 is 11.8. The zero-order valence-electron chi connectivity index (χ0n) is 17.0. The van der Waals surface area contributed by atoms with Crippen molar-refractivity contribution in [1.29, 1.82) is 0 Å². The molecule has 0 aliphatic heterocycles. The van der Waals surface area contributed by atoms with E-state index < -0.39 is 0 Å². The van der Waals surface area contributed by atoms with Crippen molar-refractivity contribution >= 4 is 28.8 Å². The van der Waals surface area contributed by atoms with Crippen LogP contribution in [0.15, 0.2) is 66.7 Å². The van der Waals surface area contributed by atoms with E-state index in [1.165, 1.54) is 0 Å². The molecule has 0 saturated heterocycles. The van der Waals surface area contributed by atoms with Crippen molar-refractivity contribution in [3.63, 3.8) is 0 Å². The predicted molar refractivity (Wildman–Crippen MR) is 125 cm³/mol. The van der Waals surface area contributed by atoms with Gasteiger partial charge in [-0.15, -0.1) is 0 Å². The highest BCUT2D eigenvalue weighted by Crippen LogP contribution is 2.30. The lowest BCUT2D eigenvalue weighted by Gasteiger charge is -2.15. The van der Waals surface area contributed by atoms with Crippen molar-refractivity contribution in [2.75, 3.05) is 13.7 Å². The molecular formula is C24H24ClNO3S. The van der Waals surface area contributed by atoms with Gasteiger partial charge in [0.05, 0.1) is 13.7 Å². The minimum atomic E-state index is 0.360. The second kappa shape index (κ2) is 10.9. The van der Waals surface area contributed by atoms with Crippen LogP contribution >= 0.6 is 23.8 Å². The van der Waals surface area contributed by atoms with Gasteiger partial charge in [-0.1, -0.05) is 54.2 Å². The molecule has 0 aliphatic rings. The first-order valence-electron chi connectivity index (χ1n) is 9.65. The van der Waals surface area contributed by atoms with E-state index in [2.05, 4.69) is 5.32 Å². The van der Waals surface area contributed by atoms with Crippen LogP contribution in [0.2, 0.25) is 5.02 Å². The van der Waals surface area contributed by atoms with Gasteiger partial charge in [0.2, 0.25) is 0 Å². The van der Waals surface area contributed by atoms with E-state index in [1.807, 2.05) is 73.7 Å². The topological polar surface area (TPSA) is 39.7 Å². The van der Waals surface area contributed by atoms with Gasteiger partial charge in [0.1, 0.15) is 17.3 Å². The van der Waals surface area contributed by atoms with E-state index in [9.17, 15) is 0 Å². The second-order valence-corrected chi connectivity index (χ2v) is 7.32. The number of thiocarbonyl (C=S) groups is 1. The number of methoxy groups -OCH3 is 1. The van der Waals surface area contributed by atoms with Crippen LogP contribution in [-0.4, -0.2) is 18.7 Å². The van der Waals surface area contributed by atoms with Gasteiger partial charge in [-0.05, 0) is 48.9 Å². The lowest BCUT2D eigenvalue weighted by Crippen LogP contribution is -2.21. The summed E-state index contributed by atoms with van der Waals surface area (Å²) in [5.74, 6) is 2.13. The number of hydrogen-bond acceptors (Lipinski definition) is 4. The molecule has 3 aromatic carbocycles. The molecule has 3 aromatic rings. The van der Waals surface area contributed by atoms with Gasteiger partial charge >= 0.3 is 0 Å². The molecule has 1 N–H and O–H groups in total. The monoisotopic (exact) mass is 441 g/mol. The number of nitrogens with one attached hydrogen (secondary N) is 1. The van der Waals surface area contributed by atoms with E-state index in [0.717, 1.165) is 22.4 Å². The Labute approximate surface area is 187 Å². The summed E-state index contributed by atoms with van der Waals surface area (Å²) < 4.78 is 16.9. The summed E-state index contributed by atoms with van der Waals surface area (Å²) in [6.07, 6.45) is 0. The molecule has 0 heterocycles. The molecule has 0 bridgehead atoms. The summed E-state index contributed by atoms with van der Waals surface area (Å²) in [6.45, 7) is 3.44. The Balaban J connectivity index is 1.66. The third-order valence-electron chi connectivity index (χ3n) is 4.46. The van der Waals surface area contributed by atoms with Crippen LogP contribution in [0.4, 0.5) is 0 Å². The fourth-order valence-electron chi connectivity index (χ4n) is 2.84. The number of benzene rings is 3. The standard InChI is InChI=1S/C24H24ClNO3S/c1-3-28-23-14-18(24(30)26-15-17-8-11-20(27-2)12-9-17)10-13-22(23)29-16-19-6-4-5-7-21(19)25/h4-14H,3,15-16H2,1-2H3,(H,26,30). The molecule has 0 atom stereocenters. The van der Waals surface area contributed by atoms with Crippen molar-refractivity contribution in [1.82, 2.24) is 5.32 Å². The zero-order chi connectivity index (χ0) is 21.3. The Morgan fingerprint density at radius 1 is 0.967 bits per heavy atom. The molecule has 4 nitrogen and oxygen atoms in total. The molecule has 0 aliphatic carbocycles. The van der Waals surface area contributed by atoms with Crippen LogP contribution in [0.5, 0.6) is 17.2 Å². The molecule has 156 valence electrons. The summed E-state index contributed by atoms with van der Waals surface area (Å²) in [4.78, 5) is 0.643. The van der Waals surface area contributed by atoms with Gasteiger partial charge in [0.15, 0.2) is 11.5 Å². The molecule has 3 rings (SSSR count). The number of halogens is 1. The Morgan fingerprint density at radius 3 is 2.43 bits per heavy atom. The van der Waals surface area contributed by atoms with E-state index in [0.29, 0.717) is 41.3 Å². The molecule has 0 aromatic heterocycles. The van der Waals surface area contributed by atoms with Gasteiger partial charge in [0.25, 0.3) is 0 Å². The average Bonchev–Trinajstić information content (AvgIpc) is 2.78. The number of hydrogen-bond donors (Lipinski definition) is 1. The van der Waals surface area contributed by atoms with Crippen LogP contribution in [0.25, 0.3) is 0 Å². The number of ether oxygens (including phenoxy) is 3. The summed E-state index contributed by atoms with van der Waals surface area (Å²) in [6, 6.07) is 21.2. The first-order valence-corrected chi connectivity index (χ1v) is 10.4. The van der Waals surface area contributed by atoms with Crippen molar-refractivity contribution in [3.8, 4) is 17.2 Å². The molecule has 30 heavy (non-hydrogen) atoms. The first-order chi connectivity index (χ1) is 14.6. The smallest absolute Gasteiger partial charge is 0.161 e. The van der Waals surface area contributed by atoms with Crippen molar-refractivity contribution < 1.29 is 14.2 Å². The molecule has 0 unspecified atom stereocenters. The van der Waals surface area contributed by atoms with E-state index in [-0.39, 0.29) is 0 Å². The fourth-order valence-corrected chi connectivity index (χ4v) is 3.23. The van der Waals surface area contributed by atoms with Gasteiger partial charge < -0.3 is 19.5 Å². The van der Waals surface area contributed by atoms with Gasteiger partial charge in [-0.2, -0.15) is 0 Å². The highest BCUT2D eigenvalue weighted by Gasteiger charge is 2.11. The minimum Gasteiger partial charge on any atom is -0.497 e. The molecule has 0 amide bonds. The molecule has 0 saturated carbocycles. The molecule has 6 heteroatoms. The summed E-state index contributed by atoms with van der Waals surface area (Å²) in [7, 11) is 1.65. The maximum atomic E-state index is 6.22. The normalized spacial score (nSPS) is 10.4. The summed E-state index contributed by atoms with van der Waals surface area (Å²) in [5.41, 5.74) is 2.90. The third-order valence-corrected chi connectivity index (χ3v) is 5.21. The molecule has 0 radical (unpaired) electrons. The van der Waals surface area contributed by atoms with Crippen LogP contribution in [0, 0.1) is 0 Å². The van der Waals surface area contributed by atoms with Crippen molar-refractivity contribution in [3.05, 3.63) is 88.4 Å². The highest BCUT2D eigenvalue weighted by atomic mass is 35.5. The quantitative estimate of drug-likeness (QED) is 0.425. The van der Waals surface area contributed by atoms with Crippen LogP contribution < -0.4 is 19.5 Å². The first kappa shape index (κ1) is 21.9. The minimum absolute atomic E-state index is 0.360. The van der Waals surface area contributed by atoms with Gasteiger partial charge in [-0.25, -0.2) is 0 Å².